The minimum Gasteiger partial charge on any atom is -0.459 e. The molecule has 3 fully saturated rings. The van der Waals surface area contributed by atoms with Gasteiger partial charge in [-0.2, -0.15) is 13.2 Å². The molecule has 0 aromatic rings. The van der Waals surface area contributed by atoms with Crippen LogP contribution in [0.5, 0.6) is 0 Å². The third kappa shape index (κ3) is 4.13. The molecule has 0 bridgehead atoms. The Bertz CT molecular complexity index is 636. The van der Waals surface area contributed by atoms with Crippen LogP contribution in [0.2, 0.25) is 0 Å². The first-order chi connectivity index (χ1) is 13.5. The monoisotopic (exact) mass is 421 g/mol. The molecule has 1 aliphatic heterocycles. The maximum Gasteiger partial charge on any atom is 0.471 e. The largest absolute Gasteiger partial charge is 0.471 e. The van der Waals surface area contributed by atoms with Gasteiger partial charge in [0.1, 0.15) is 11.7 Å². The van der Waals surface area contributed by atoms with Gasteiger partial charge in [0.05, 0.1) is 12.6 Å². The first kappa shape index (κ1) is 22.3. The summed E-state index contributed by atoms with van der Waals surface area (Å²) in [6.45, 7) is 3.78. The van der Waals surface area contributed by atoms with Crippen molar-refractivity contribution >= 4 is 11.9 Å². The zero-order valence-corrected chi connectivity index (χ0v) is 17.2. The zero-order valence-electron chi connectivity index (χ0n) is 17.2. The molecule has 2 aliphatic carbocycles. The van der Waals surface area contributed by atoms with Gasteiger partial charge in [0.2, 0.25) is 0 Å². The van der Waals surface area contributed by atoms with E-state index in [1.807, 2.05) is 6.92 Å². The summed E-state index contributed by atoms with van der Waals surface area (Å²) in [5.74, 6) is -2.20. The number of halogens is 3. The Balaban J connectivity index is 1.87. The lowest BCUT2D eigenvalue weighted by atomic mass is 9.61. The summed E-state index contributed by atoms with van der Waals surface area (Å²) in [5, 5.41) is 0. The van der Waals surface area contributed by atoms with E-state index in [0.717, 1.165) is 11.3 Å². The van der Waals surface area contributed by atoms with Crippen LogP contribution >= 0.6 is 0 Å². The first-order valence-electron chi connectivity index (χ1n) is 10.2. The smallest absolute Gasteiger partial charge is 0.459 e. The number of esters is 1. The number of carbonyl (C=O) groups excluding carboxylic acids is 2. The predicted octanol–water partition coefficient (Wildman–Crippen LogP) is 3.23. The fraction of sp³-hybridized carbons (Fsp3) is 0.900. The van der Waals surface area contributed by atoms with Crippen LogP contribution in [0.25, 0.3) is 0 Å². The van der Waals surface area contributed by atoms with Crippen LogP contribution < -0.4 is 0 Å². The molecule has 1 heterocycles. The van der Waals surface area contributed by atoms with Crippen molar-refractivity contribution in [3.05, 3.63) is 0 Å². The lowest BCUT2D eigenvalue weighted by Gasteiger charge is -2.52. The van der Waals surface area contributed by atoms with Gasteiger partial charge in [-0.15, -0.1) is 0 Å². The SMILES string of the molecule is COC1COCCC1N(C(=O)C(F)(F)F)C1CCC(C)(C2(OC(C)=O)CCC2)C1. The van der Waals surface area contributed by atoms with E-state index < -0.39 is 41.3 Å². The van der Waals surface area contributed by atoms with E-state index in [0.29, 0.717) is 38.5 Å². The molecule has 4 unspecified atom stereocenters. The second kappa shape index (κ2) is 8.06. The van der Waals surface area contributed by atoms with Crippen LogP contribution in [-0.2, 0) is 23.8 Å². The van der Waals surface area contributed by atoms with E-state index in [1.54, 1.807) is 0 Å². The van der Waals surface area contributed by atoms with Crippen molar-refractivity contribution in [2.24, 2.45) is 5.41 Å². The second-order valence-corrected chi connectivity index (χ2v) is 8.81. The zero-order chi connectivity index (χ0) is 21.4. The molecule has 4 atom stereocenters. The van der Waals surface area contributed by atoms with Crippen molar-refractivity contribution < 1.29 is 37.0 Å². The minimum absolute atomic E-state index is 0.157. The van der Waals surface area contributed by atoms with Crippen LogP contribution in [0.4, 0.5) is 13.2 Å². The third-order valence-electron chi connectivity index (χ3n) is 7.12. The Morgan fingerprint density at radius 2 is 1.86 bits per heavy atom. The molecular weight excluding hydrogens is 391 g/mol. The van der Waals surface area contributed by atoms with Crippen molar-refractivity contribution in [3.63, 3.8) is 0 Å². The standard InChI is InChI=1S/C20H30F3NO5/c1-13(25)29-19(7-4-8-19)18(2)9-5-14(11-18)24(17(26)20(21,22)23)15-6-10-28-12-16(15)27-3/h14-16H,4-12H2,1-3H3. The molecule has 0 aromatic heterocycles. The fourth-order valence-electron chi connectivity index (χ4n) is 5.44. The van der Waals surface area contributed by atoms with E-state index in [4.69, 9.17) is 14.2 Å². The molecule has 2 saturated carbocycles. The quantitative estimate of drug-likeness (QED) is 0.638. The lowest BCUT2D eigenvalue weighted by molar-refractivity contribution is -0.201. The van der Waals surface area contributed by atoms with Crippen molar-refractivity contribution in [2.75, 3.05) is 20.3 Å². The normalized spacial score (nSPS) is 34.3. The van der Waals surface area contributed by atoms with Crippen molar-refractivity contribution in [2.45, 2.75) is 88.8 Å². The highest BCUT2D eigenvalue weighted by Gasteiger charge is 2.60. The molecule has 0 aromatic carbocycles. The molecule has 9 heteroatoms. The van der Waals surface area contributed by atoms with Crippen LogP contribution in [0.15, 0.2) is 0 Å². The molecule has 1 saturated heterocycles. The number of hydrogen-bond donors (Lipinski definition) is 0. The molecule has 3 aliphatic rings. The number of rotatable bonds is 5. The summed E-state index contributed by atoms with van der Waals surface area (Å²) in [4.78, 5) is 25.1. The summed E-state index contributed by atoms with van der Waals surface area (Å²) in [6, 6.07) is -1.27. The summed E-state index contributed by atoms with van der Waals surface area (Å²) in [7, 11) is 1.42. The predicted molar refractivity (Wildman–Crippen MR) is 97.0 cm³/mol. The van der Waals surface area contributed by atoms with Gasteiger partial charge in [-0.05, 0) is 44.9 Å². The van der Waals surface area contributed by atoms with Gasteiger partial charge >= 0.3 is 18.1 Å². The summed E-state index contributed by atoms with van der Waals surface area (Å²) in [5.41, 5.74) is -1.10. The van der Waals surface area contributed by atoms with Crippen molar-refractivity contribution in [1.82, 2.24) is 4.90 Å². The van der Waals surface area contributed by atoms with Gasteiger partial charge in [-0.3, -0.25) is 9.59 Å². The maximum absolute atomic E-state index is 13.5. The highest BCUT2D eigenvalue weighted by Crippen LogP contribution is 2.58. The molecule has 0 spiro atoms. The van der Waals surface area contributed by atoms with Crippen molar-refractivity contribution in [3.8, 4) is 0 Å². The van der Waals surface area contributed by atoms with Crippen LogP contribution in [-0.4, -0.2) is 67.1 Å². The molecule has 0 radical (unpaired) electrons. The van der Waals surface area contributed by atoms with Gasteiger partial charge in [-0.25, -0.2) is 0 Å². The minimum atomic E-state index is -4.96. The maximum atomic E-state index is 13.5. The number of nitrogens with zero attached hydrogens (tertiary/aromatic N) is 1. The Morgan fingerprint density at radius 1 is 1.17 bits per heavy atom. The third-order valence-corrected chi connectivity index (χ3v) is 7.12. The molecule has 3 rings (SSSR count). The highest BCUT2D eigenvalue weighted by atomic mass is 19.4. The average Bonchev–Trinajstić information content (AvgIpc) is 3.01. The Morgan fingerprint density at radius 3 is 2.38 bits per heavy atom. The van der Waals surface area contributed by atoms with Gasteiger partial charge in [0.15, 0.2) is 0 Å². The highest BCUT2D eigenvalue weighted by molar-refractivity contribution is 5.82. The topological polar surface area (TPSA) is 65.1 Å². The Hall–Kier alpha value is -1.35. The molecule has 166 valence electrons. The number of methoxy groups -OCH3 is 1. The molecule has 29 heavy (non-hydrogen) atoms. The summed E-state index contributed by atoms with van der Waals surface area (Å²) >= 11 is 0. The van der Waals surface area contributed by atoms with E-state index in [9.17, 15) is 22.8 Å². The first-order valence-corrected chi connectivity index (χ1v) is 10.2. The van der Waals surface area contributed by atoms with E-state index in [-0.39, 0.29) is 19.2 Å². The van der Waals surface area contributed by atoms with Gasteiger partial charge in [0.25, 0.3) is 0 Å². The van der Waals surface area contributed by atoms with Crippen LogP contribution in [0.1, 0.15) is 58.8 Å². The average molecular weight is 421 g/mol. The number of alkyl halides is 3. The summed E-state index contributed by atoms with van der Waals surface area (Å²) in [6.07, 6.45) is -1.51. The van der Waals surface area contributed by atoms with Crippen LogP contribution in [0, 0.1) is 5.41 Å². The molecule has 0 N–H and O–H groups in total. The van der Waals surface area contributed by atoms with E-state index >= 15 is 0 Å². The fourth-order valence-corrected chi connectivity index (χ4v) is 5.44. The molecular formula is C20H30F3NO5. The van der Waals surface area contributed by atoms with Crippen molar-refractivity contribution in [1.29, 1.82) is 0 Å². The lowest BCUT2D eigenvalue weighted by Crippen LogP contribution is -2.59. The second-order valence-electron chi connectivity index (χ2n) is 8.81. The Labute approximate surface area is 169 Å². The number of ether oxygens (including phenoxy) is 3. The summed E-state index contributed by atoms with van der Waals surface area (Å²) < 4.78 is 56.8. The number of hydrogen-bond acceptors (Lipinski definition) is 5. The van der Waals surface area contributed by atoms with Gasteiger partial charge < -0.3 is 19.1 Å². The van der Waals surface area contributed by atoms with E-state index in [1.165, 1.54) is 14.0 Å². The van der Waals surface area contributed by atoms with Gasteiger partial charge in [-0.1, -0.05) is 6.92 Å². The Kier molecular flexibility index (Phi) is 6.21. The van der Waals surface area contributed by atoms with Gasteiger partial charge in [0, 0.05) is 32.1 Å². The molecule has 6 nitrogen and oxygen atoms in total. The molecule has 1 amide bonds. The number of carbonyl (C=O) groups is 2. The van der Waals surface area contributed by atoms with Crippen LogP contribution in [0.3, 0.4) is 0 Å². The van der Waals surface area contributed by atoms with E-state index in [2.05, 4.69) is 0 Å². The number of amides is 1.